The van der Waals surface area contributed by atoms with Gasteiger partial charge in [-0.25, -0.2) is 0 Å². The molecule has 0 radical (unpaired) electrons. The average molecular weight is 247 g/mol. The van der Waals surface area contributed by atoms with Crippen LogP contribution in [0.3, 0.4) is 0 Å². The average Bonchev–Trinajstić information content (AvgIpc) is 2.31. The fourth-order valence-electron chi connectivity index (χ4n) is 2.45. The lowest BCUT2D eigenvalue weighted by Crippen LogP contribution is -2.47. The van der Waals surface area contributed by atoms with Crippen molar-refractivity contribution in [2.45, 2.75) is 59.1 Å². The van der Waals surface area contributed by atoms with E-state index < -0.39 is 0 Å². The molecule has 1 aliphatic carbocycles. The van der Waals surface area contributed by atoms with Crippen LogP contribution in [0.5, 0.6) is 5.75 Å². The summed E-state index contributed by atoms with van der Waals surface area (Å²) in [6.45, 7) is 9.77. The van der Waals surface area contributed by atoms with E-state index in [1.54, 1.807) is 0 Å². The molecule has 1 fully saturated rings. The molecule has 2 nitrogen and oxygen atoms in total. The van der Waals surface area contributed by atoms with Gasteiger partial charge in [-0.3, -0.25) is 0 Å². The first-order valence-corrected chi connectivity index (χ1v) is 7.08. The third kappa shape index (κ3) is 2.86. The third-order valence-electron chi connectivity index (χ3n) is 3.94. The number of hydrogen-bond donors (Lipinski definition) is 1. The van der Waals surface area contributed by atoms with Gasteiger partial charge in [0.15, 0.2) is 0 Å². The summed E-state index contributed by atoms with van der Waals surface area (Å²) in [4.78, 5) is 0. The van der Waals surface area contributed by atoms with Crippen LogP contribution in [-0.4, -0.2) is 18.7 Å². The lowest BCUT2D eigenvalue weighted by Gasteiger charge is -2.36. The Morgan fingerprint density at radius 1 is 1.17 bits per heavy atom. The molecule has 1 aromatic carbocycles. The van der Waals surface area contributed by atoms with Crippen LogP contribution in [0.4, 0.5) is 0 Å². The Kier molecular flexibility index (Phi) is 4.28. The Morgan fingerprint density at radius 3 is 2.50 bits per heavy atom. The molecule has 1 aromatic rings. The molecule has 2 heteroatoms. The van der Waals surface area contributed by atoms with Gasteiger partial charge in [-0.2, -0.15) is 0 Å². The maximum Gasteiger partial charge on any atom is 0.125 e. The van der Waals surface area contributed by atoms with Crippen molar-refractivity contribution in [3.05, 3.63) is 28.8 Å². The summed E-state index contributed by atoms with van der Waals surface area (Å²) in [5.74, 6) is 1.11. The molecule has 2 rings (SSSR count). The molecule has 0 amide bonds. The van der Waals surface area contributed by atoms with Gasteiger partial charge in [0, 0.05) is 6.04 Å². The molecule has 18 heavy (non-hydrogen) atoms. The van der Waals surface area contributed by atoms with E-state index in [0.717, 1.165) is 25.1 Å². The minimum absolute atomic E-state index is 0.401. The van der Waals surface area contributed by atoms with Crippen molar-refractivity contribution >= 4 is 0 Å². The Bertz CT molecular complexity index is 408. The first kappa shape index (κ1) is 13.4. The maximum atomic E-state index is 6.16. The van der Waals surface area contributed by atoms with E-state index in [0.29, 0.717) is 12.1 Å². The van der Waals surface area contributed by atoms with Gasteiger partial charge in [-0.05, 0) is 63.3 Å². The zero-order chi connectivity index (χ0) is 13.1. The van der Waals surface area contributed by atoms with Gasteiger partial charge in [0.1, 0.15) is 11.9 Å². The zero-order valence-electron chi connectivity index (χ0n) is 12.0. The second-order valence-corrected chi connectivity index (χ2v) is 5.52. The van der Waals surface area contributed by atoms with Crippen LogP contribution in [0.15, 0.2) is 12.1 Å². The molecule has 100 valence electrons. The standard InChI is InChI=1S/C16H25NO/c1-5-8-17-14-9-15(10-14)18-16-12(3)7-6-11(2)13(16)4/h6-7,14-15,17H,5,8-10H2,1-4H3. The topological polar surface area (TPSA) is 21.3 Å². The van der Waals surface area contributed by atoms with Gasteiger partial charge >= 0.3 is 0 Å². The van der Waals surface area contributed by atoms with Crippen molar-refractivity contribution in [2.24, 2.45) is 0 Å². The summed E-state index contributed by atoms with van der Waals surface area (Å²) in [7, 11) is 0. The van der Waals surface area contributed by atoms with Crippen LogP contribution in [0, 0.1) is 20.8 Å². The molecule has 0 saturated heterocycles. The fourth-order valence-corrected chi connectivity index (χ4v) is 2.45. The highest BCUT2D eigenvalue weighted by Gasteiger charge is 2.30. The van der Waals surface area contributed by atoms with E-state index in [1.165, 1.54) is 23.1 Å². The Hall–Kier alpha value is -1.02. The van der Waals surface area contributed by atoms with Gasteiger partial charge < -0.3 is 10.1 Å². The number of aryl methyl sites for hydroxylation is 2. The highest BCUT2D eigenvalue weighted by Crippen LogP contribution is 2.31. The van der Waals surface area contributed by atoms with Gasteiger partial charge in [0.25, 0.3) is 0 Å². The van der Waals surface area contributed by atoms with E-state index >= 15 is 0 Å². The minimum Gasteiger partial charge on any atom is -0.490 e. The molecule has 1 N–H and O–H groups in total. The van der Waals surface area contributed by atoms with E-state index in [2.05, 4.69) is 45.1 Å². The van der Waals surface area contributed by atoms with Gasteiger partial charge in [0.2, 0.25) is 0 Å². The number of rotatable bonds is 5. The monoisotopic (exact) mass is 247 g/mol. The van der Waals surface area contributed by atoms with Crippen LogP contribution in [0.1, 0.15) is 42.9 Å². The molecule has 0 bridgehead atoms. The second-order valence-electron chi connectivity index (χ2n) is 5.52. The highest BCUT2D eigenvalue weighted by atomic mass is 16.5. The SMILES string of the molecule is CCCNC1CC(Oc2c(C)ccc(C)c2C)C1. The summed E-state index contributed by atoms with van der Waals surface area (Å²) in [6.07, 6.45) is 3.90. The number of benzene rings is 1. The Morgan fingerprint density at radius 2 is 1.83 bits per heavy atom. The molecular weight excluding hydrogens is 222 g/mol. The Balaban J connectivity index is 1.90. The molecule has 1 saturated carbocycles. The Labute approximate surface area is 111 Å². The summed E-state index contributed by atoms with van der Waals surface area (Å²) in [5.41, 5.74) is 3.86. The molecule has 0 spiro atoms. The van der Waals surface area contributed by atoms with Crippen molar-refractivity contribution in [3.8, 4) is 5.75 Å². The molecule has 0 atom stereocenters. The maximum absolute atomic E-state index is 6.16. The van der Waals surface area contributed by atoms with Gasteiger partial charge in [-0.15, -0.1) is 0 Å². The van der Waals surface area contributed by atoms with Crippen molar-refractivity contribution in [3.63, 3.8) is 0 Å². The first-order valence-electron chi connectivity index (χ1n) is 7.08. The predicted octanol–water partition coefficient (Wildman–Crippen LogP) is 3.52. The van der Waals surface area contributed by atoms with Crippen molar-refractivity contribution < 1.29 is 4.74 Å². The summed E-state index contributed by atoms with van der Waals surface area (Å²) < 4.78 is 6.16. The summed E-state index contributed by atoms with van der Waals surface area (Å²) in [6, 6.07) is 4.99. The van der Waals surface area contributed by atoms with Crippen molar-refractivity contribution in [2.75, 3.05) is 6.54 Å². The quantitative estimate of drug-likeness (QED) is 0.859. The summed E-state index contributed by atoms with van der Waals surface area (Å²) >= 11 is 0. The van der Waals surface area contributed by atoms with Crippen LogP contribution in [0.25, 0.3) is 0 Å². The largest absolute Gasteiger partial charge is 0.490 e. The van der Waals surface area contributed by atoms with Crippen LogP contribution < -0.4 is 10.1 Å². The third-order valence-corrected chi connectivity index (χ3v) is 3.94. The summed E-state index contributed by atoms with van der Waals surface area (Å²) in [5, 5.41) is 3.55. The van der Waals surface area contributed by atoms with E-state index in [9.17, 15) is 0 Å². The molecule has 0 aromatic heterocycles. The molecule has 1 aliphatic rings. The van der Waals surface area contributed by atoms with Crippen molar-refractivity contribution in [1.82, 2.24) is 5.32 Å². The molecule has 0 aliphatic heterocycles. The van der Waals surface area contributed by atoms with E-state index in [-0.39, 0.29) is 0 Å². The van der Waals surface area contributed by atoms with Crippen LogP contribution in [-0.2, 0) is 0 Å². The predicted molar refractivity (Wildman–Crippen MR) is 76.4 cm³/mol. The molecular formula is C16H25NO. The number of ether oxygens (including phenoxy) is 1. The lowest BCUT2D eigenvalue weighted by atomic mass is 9.89. The second kappa shape index (κ2) is 5.75. The number of nitrogens with one attached hydrogen (secondary N) is 1. The van der Waals surface area contributed by atoms with E-state index in [4.69, 9.17) is 4.74 Å². The zero-order valence-corrected chi connectivity index (χ0v) is 12.0. The van der Waals surface area contributed by atoms with E-state index in [1.807, 2.05) is 0 Å². The highest BCUT2D eigenvalue weighted by molar-refractivity contribution is 5.44. The fraction of sp³-hybridized carbons (Fsp3) is 0.625. The molecule has 0 heterocycles. The smallest absolute Gasteiger partial charge is 0.125 e. The van der Waals surface area contributed by atoms with Crippen molar-refractivity contribution in [1.29, 1.82) is 0 Å². The van der Waals surface area contributed by atoms with Gasteiger partial charge in [0.05, 0.1) is 0 Å². The van der Waals surface area contributed by atoms with Crippen LogP contribution >= 0.6 is 0 Å². The molecule has 0 unspecified atom stereocenters. The van der Waals surface area contributed by atoms with Crippen LogP contribution in [0.2, 0.25) is 0 Å². The first-order chi connectivity index (χ1) is 8.61. The number of hydrogen-bond acceptors (Lipinski definition) is 2. The lowest BCUT2D eigenvalue weighted by molar-refractivity contribution is 0.0838. The normalized spacial score (nSPS) is 22.7. The van der Waals surface area contributed by atoms with Gasteiger partial charge in [-0.1, -0.05) is 19.1 Å². The minimum atomic E-state index is 0.401.